The third-order valence-corrected chi connectivity index (χ3v) is 24.4. The van der Waals surface area contributed by atoms with Gasteiger partial charge in [0.2, 0.25) is 0 Å². The fourth-order valence-corrected chi connectivity index (χ4v) is 35.2. The van der Waals surface area contributed by atoms with E-state index in [9.17, 15) is 0 Å². The number of nitrogens with one attached hydrogen (secondary N) is 1. The molecule has 1 rings (SSSR count). The van der Waals surface area contributed by atoms with Gasteiger partial charge < -0.3 is 38.4 Å². The van der Waals surface area contributed by atoms with Crippen molar-refractivity contribution in [3.63, 3.8) is 0 Å². The molecular weight excluding hydrogens is 937 g/mol. The molecule has 0 aromatic heterocycles. The first-order valence-electron chi connectivity index (χ1n) is 21.5. The third-order valence-electron chi connectivity index (χ3n) is 5.61. The average molecular weight is 1050 g/mol. The second-order valence-electron chi connectivity index (χ2n) is 25.5. The van der Waals surface area contributed by atoms with Gasteiger partial charge in [-0.15, -0.1) is 5.54 Å². The average Bonchev–Trinajstić information content (AvgIpc) is 3.27. The van der Waals surface area contributed by atoms with Gasteiger partial charge in [0.05, 0.1) is 0 Å². The third kappa shape index (κ3) is 85.7. The minimum absolute atomic E-state index is 0. The minimum Gasteiger partial charge on any atom is -0.668 e. The quantitative estimate of drug-likeness (QED) is 0.176. The van der Waals surface area contributed by atoms with E-state index in [2.05, 4.69) is 228 Å². The molecule has 0 saturated carbocycles. The van der Waals surface area contributed by atoms with Crippen molar-refractivity contribution in [2.75, 3.05) is 54.5 Å². The Hall–Kier alpha value is 2.43. The molecule has 0 atom stereocenters. The van der Waals surface area contributed by atoms with E-state index in [-0.39, 0.29) is 44.6 Å². The smallest absolute Gasteiger partial charge is 0.668 e. The molecule has 1 heterocycles. The zero-order valence-corrected chi connectivity index (χ0v) is 55.6. The maximum atomic E-state index is 4.94. The Bertz CT molecular complexity index is 830. The summed E-state index contributed by atoms with van der Waals surface area (Å²) in [7, 11) is -0.598. The largest absolute Gasteiger partial charge is 3.00 e. The van der Waals surface area contributed by atoms with E-state index in [4.69, 9.17) is 23.7 Å². The summed E-state index contributed by atoms with van der Waals surface area (Å²) in [5.74, 6) is 0. The Balaban J connectivity index is -0.000000108. The van der Waals surface area contributed by atoms with Gasteiger partial charge in [-0.3, -0.25) is 0 Å². The fraction of sp³-hybridized carbons (Fsp3) is 1.00. The Morgan fingerprint density at radius 2 is 0.690 bits per heavy atom. The van der Waals surface area contributed by atoms with Crippen molar-refractivity contribution < 1.29 is 38.3 Å². The van der Waals surface area contributed by atoms with Gasteiger partial charge in [-0.05, 0) is 61.4 Å². The molecule has 0 aliphatic carbocycles. The van der Waals surface area contributed by atoms with Crippen molar-refractivity contribution in [1.82, 2.24) is 14.8 Å². The van der Waals surface area contributed by atoms with Crippen LogP contribution < -0.4 is 4.98 Å². The summed E-state index contributed by atoms with van der Waals surface area (Å²) < 4.78 is 19.4. The van der Waals surface area contributed by atoms with E-state index >= 15 is 0 Å². The first-order valence-corrected chi connectivity index (χ1v) is 49.1. The van der Waals surface area contributed by atoms with E-state index in [1.807, 2.05) is 0 Å². The molecular formula is C40H109Co2N7OSi8+. The standard InChI is InChI=1S/C9H24N2Si.C9H23N2Si.3C6H18NSi2.C4H8O.2Co/c2*1-9(2,8-11(3)4)10-12(5,6)7;3*1-8(2,3)7-9(4,5)6;1-2-4-5-3-1;;/h10H,8H2,1-7H3;8H2,1-7H3;3*1-6H3;1-4H2;;/q;4*-1;;+2;+3. The zero-order valence-electron chi connectivity index (χ0n) is 45.5. The molecule has 1 N–H and O–H groups in total. The summed E-state index contributed by atoms with van der Waals surface area (Å²) >= 11 is 0. The summed E-state index contributed by atoms with van der Waals surface area (Å²) in [6.45, 7) is 68.3. The predicted octanol–water partition coefficient (Wildman–Crippen LogP) is 14.2. The molecule has 0 amide bonds. The molecule has 18 heteroatoms. The summed E-state index contributed by atoms with van der Waals surface area (Å²) in [6, 6.07) is 0. The van der Waals surface area contributed by atoms with Crippen molar-refractivity contribution in [2.45, 2.75) is 209 Å². The van der Waals surface area contributed by atoms with Crippen LogP contribution in [0.15, 0.2) is 0 Å². The number of ether oxygens (including phenoxy) is 1. The second-order valence-corrected chi connectivity index (χ2v) is 63.6. The van der Waals surface area contributed by atoms with E-state index in [1.54, 1.807) is 0 Å². The van der Waals surface area contributed by atoms with E-state index < -0.39 is 65.9 Å². The van der Waals surface area contributed by atoms with Crippen LogP contribution in [0.4, 0.5) is 0 Å². The van der Waals surface area contributed by atoms with Crippen LogP contribution >= 0.6 is 0 Å². The maximum Gasteiger partial charge on any atom is 3.00 e. The molecule has 0 unspecified atom stereocenters. The molecule has 58 heavy (non-hydrogen) atoms. The predicted molar refractivity (Wildman–Crippen MR) is 289 cm³/mol. The molecule has 0 aromatic carbocycles. The molecule has 0 spiro atoms. The molecule has 8 nitrogen and oxygen atoms in total. The Morgan fingerprint density at radius 1 is 0.448 bits per heavy atom. The van der Waals surface area contributed by atoms with Gasteiger partial charge >= 0.3 is 33.6 Å². The molecule has 0 aromatic rings. The monoisotopic (exact) mass is 1050 g/mol. The van der Waals surface area contributed by atoms with E-state index in [0.29, 0.717) is 0 Å². The van der Waals surface area contributed by atoms with E-state index in [0.717, 1.165) is 26.3 Å². The fourth-order valence-electron chi connectivity index (χ4n) is 7.09. The number of hydrogen-bond donors (Lipinski definition) is 1. The summed E-state index contributed by atoms with van der Waals surface area (Å²) in [4.78, 5) is 13.0. The topological polar surface area (TPSA) is 84.1 Å². The molecule has 1 aliphatic heterocycles. The van der Waals surface area contributed by atoms with Gasteiger partial charge in [0.25, 0.3) is 0 Å². The van der Waals surface area contributed by atoms with Crippen LogP contribution in [0.25, 0.3) is 18.9 Å². The van der Waals surface area contributed by atoms with Crippen LogP contribution in [-0.2, 0) is 38.3 Å². The first kappa shape index (κ1) is 74.8. The van der Waals surface area contributed by atoms with Crippen LogP contribution in [0.1, 0.15) is 40.5 Å². The first-order chi connectivity index (χ1) is 23.9. The molecule has 1 fully saturated rings. The molecule has 1 radical (unpaired) electrons. The van der Waals surface area contributed by atoms with Gasteiger partial charge in [-0.25, -0.2) is 0 Å². The Labute approximate surface area is 398 Å². The minimum atomic E-state index is -1.26. The normalized spacial score (nSPS) is 14.4. The van der Waals surface area contributed by atoms with Crippen LogP contribution in [0, 0.1) is 0 Å². The van der Waals surface area contributed by atoms with Crippen LogP contribution in [0.3, 0.4) is 0 Å². The molecule has 0 bridgehead atoms. The van der Waals surface area contributed by atoms with Crippen molar-refractivity contribution in [3.05, 3.63) is 18.9 Å². The number of hydrogen-bond acceptors (Lipinski definition) is 4. The Kier molecular flexibility index (Phi) is 40.4. The number of nitrogens with zero attached hydrogens (tertiary/aromatic N) is 6. The molecule has 1 saturated heterocycles. The van der Waals surface area contributed by atoms with E-state index in [1.165, 1.54) is 12.8 Å². The number of likely N-dealkylation sites (N-methyl/N-ethyl adjacent to an activating group) is 2. The van der Waals surface area contributed by atoms with Gasteiger partial charge in [-0.1, -0.05) is 229 Å². The van der Waals surface area contributed by atoms with Crippen molar-refractivity contribution in [1.29, 1.82) is 0 Å². The van der Waals surface area contributed by atoms with Gasteiger partial charge in [0, 0.05) is 25.3 Å². The second kappa shape index (κ2) is 31.4. The zero-order chi connectivity index (χ0) is 46.6. The summed E-state index contributed by atoms with van der Waals surface area (Å²) in [6.07, 6.45) is 2.56. The van der Waals surface area contributed by atoms with Gasteiger partial charge in [-0.2, -0.15) is 0 Å². The summed E-state index contributed by atoms with van der Waals surface area (Å²) in [5.41, 5.74) is 0.363. The Morgan fingerprint density at radius 3 is 0.810 bits per heavy atom. The van der Waals surface area contributed by atoms with Crippen molar-refractivity contribution in [3.8, 4) is 0 Å². The van der Waals surface area contributed by atoms with Gasteiger partial charge in [0.15, 0.2) is 0 Å². The van der Waals surface area contributed by atoms with Crippen molar-refractivity contribution >= 4 is 65.9 Å². The van der Waals surface area contributed by atoms with Crippen LogP contribution in [-0.4, -0.2) is 141 Å². The SMILES string of the molecule is C1CCOC1.CN(C)CC(C)(C)N[Si](C)(C)C.CN(C)CC(C)(C)[N-][Si](C)(C)C.C[Si](C)(C)[N-][Si](C)(C)C.C[Si](C)(C)[N-][Si](C)(C)C.C[Si](C)(C)[N-][Si](C)(C)C.[Co+2].[Co+3]. The molecule has 1 aliphatic rings. The molecule has 359 valence electrons. The maximum absolute atomic E-state index is 4.94. The van der Waals surface area contributed by atoms with Crippen LogP contribution in [0.5, 0.6) is 0 Å². The van der Waals surface area contributed by atoms with Crippen LogP contribution in [0.2, 0.25) is 157 Å². The van der Waals surface area contributed by atoms with Gasteiger partial charge in [0.1, 0.15) is 8.24 Å². The number of rotatable bonds is 14. The summed E-state index contributed by atoms with van der Waals surface area (Å²) in [5, 5.41) is 0. The van der Waals surface area contributed by atoms with Crippen molar-refractivity contribution in [2.24, 2.45) is 0 Å².